The highest BCUT2D eigenvalue weighted by Crippen LogP contribution is 2.47. The molecule has 4 nitrogen and oxygen atoms in total. The Bertz CT molecular complexity index is 405. The van der Waals surface area contributed by atoms with Crippen molar-refractivity contribution >= 4 is 0 Å². The van der Waals surface area contributed by atoms with Crippen molar-refractivity contribution in [3.05, 3.63) is 24.3 Å². The second-order valence-electron chi connectivity index (χ2n) is 5.85. The lowest BCUT2D eigenvalue weighted by Crippen LogP contribution is -2.48. The quantitative estimate of drug-likeness (QED) is 0.904. The molecule has 104 valence electrons. The van der Waals surface area contributed by atoms with Gasteiger partial charge in [0.25, 0.3) is 0 Å². The molecule has 2 heterocycles. The highest BCUT2D eigenvalue weighted by molar-refractivity contribution is 5.12. The summed E-state index contributed by atoms with van der Waals surface area (Å²) in [6.45, 7) is 4.04. The van der Waals surface area contributed by atoms with Gasteiger partial charge in [0.15, 0.2) is 0 Å². The molecule has 1 aliphatic heterocycles. The van der Waals surface area contributed by atoms with Gasteiger partial charge in [-0.3, -0.25) is 0 Å². The number of ether oxygens (including phenoxy) is 1. The first kappa shape index (κ1) is 13.0. The molecule has 2 unspecified atom stereocenters. The van der Waals surface area contributed by atoms with Gasteiger partial charge in [0.05, 0.1) is 5.60 Å². The van der Waals surface area contributed by atoms with Gasteiger partial charge >= 0.3 is 0 Å². The average molecular weight is 261 g/mol. The van der Waals surface area contributed by atoms with Crippen LogP contribution in [0.1, 0.15) is 50.6 Å². The molecule has 19 heavy (non-hydrogen) atoms. The summed E-state index contributed by atoms with van der Waals surface area (Å²) >= 11 is 0. The van der Waals surface area contributed by atoms with Crippen molar-refractivity contribution < 1.29 is 4.74 Å². The summed E-state index contributed by atoms with van der Waals surface area (Å²) in [6, 6.07) is 0.368. The van der Waals surface area contributed by atoms with Gasteiger partial charge in [-0.15, -0.1) is 0 Å². The Hall–Kier alpha value is -1.00. The Balaban J connectivity index is 1.76. The first-order chi connectivity index (χ1) is 9.33. The molecule has 3 rings (SSSR count). The zero-order valence-corrected chi connectivity index (χ0v) is 11.6. The summed E-state index contributed by atoms with van der Waals surface area (Å²) in [5, 5.41) is 3.62. The molecule has 0 bridgehead atoms. The van der Waals surface area contributed by atoms with Crippen LogP contribution in [0.4, 0.5) is 0 Å². The maximum Gasteiger partial charge on any atom is 0.115 e. The average Bonchev–Trinajstić information content (AvgIpc) is 2.44. The summed E-state index contributed by atoms with van der Waals surface area (Å²) < 4.78 is 6.04. The standard InChI is InChI=1S/C15H23N3O/c1-2-18-14(13-9-16-11-17-10-13)12-4-7-19-15(8-12)5-3-6-15/h9-12,14,18H,2-8H2,1H3. The molecule has 1 N–H and O–H groups in total. The van der Waals surface area contributed by atoms with Crippen molar-refractivity contribution in [2.45, 2.75) is 50.7 Å². The van der Waals surface area contributed by atoms with E-state index in [1.54, 1.807) is 6.33 Å². The highest BCUT2D eigenvalue weighted by Gasteiger charge is 2.44. The van der Waals surface area contributed by atoms with E-state index < -0.39 is 0 Å². The van der Waals surface area contributed by atoms with Crippen LogP contribution < -0.4 is 5.32 Å². The minimum Gasteiger partial charge on any atom is -0.375 e. The molecule has 2 aliphatic rings. The van der Waals surface area contributed by atoms with Crippen molar-refractivity contribution in [2.75, 3.05) is 13.2 Å². The first-order valence-corrected chi connectivity index (χ1v) is 7.45. The second-order valence-corrected chi connectivity index (χ2v) is 5.85. The van der Waals surface area contributed by atoms with Crippen LogP contribution in [0.15, 0.2) is 18.7 Å². The van der Waals surface area contributed by atoms with Gasteiger partial charge in [0.2, 0.25) is 0 Å². The van der Waals surface area contributed by atoms with Gasteiger partial charge < -0.3 is 10.1 Å². The van der Waals surface area contributed by atoms with Crippen LogP contribution in [0, 0.1) is 5.92 Å². The third-order valence-corrected chi connectivity index (χ3v) is 4.63. The topological polar surface area (TPSA) is 47.0 Å². The summed E-state index contributed by atoms with van der Waals surface area (Å²) in [6.07, 6.45) is 11.6. The molecule has 1 aromatic heterocycles. The van der Waals surface area contributed by atoms with Crippen molar-refractivity contribution in [2.24, 2.45) is 5.92 Å². The second kappa shape index (κ2) is 5.55. The monoisotopic (exact) mass is 261 g/mol. The lowest BCUT2D eigenvalue weighted by Gasteiger charge is -2.48. The number of hydrogen-bond donors (Lipinski definition) is 1. The van der Waals surface area contributed by atoms with E-state index in [0.717, 1.165) is 19.6 Å². The van der Waals surface area contributed by atoms with Crippen molar-refractivity contribution in [1.29, 1.82) is 0 Å². The first-order valence-electron chi connectivity index (χ1n) is 7.45. The highest BCUT2D eigenvalue weighted by atomic mass is 16.5. The van der Waals surface area contributed by atoms with Crippen LogP contribution in [0.5, 0.6) is 0 Å². The van der Waals surface area contributed by atoms with E-state index in [4.69, 9.17) is 4.74 Å². The van der Waals surface area contributed by atoms with E-state index in [2.05, 4.69) is 22.2 Å². The van der Waals surface area contributed by atoms with E-state index in [1.807, 2.05) is 12.4 Å². The van der Waals surface area contributed by atoms with Crippen LogP contribution in [0.2, 0.25) is 0 Å². The molecule has 1 saturated heterocycles. The molecule has 4 heteroatoms. The SMILES string of the molecule is CCNC(c1cncnc1)C1CCOC2(CCC2)C1. The molecule has 1 saturated carbocycles. The van der Waals surface area contributed by atoms with E-state index in [9.17, 15) is 0 Å². The summed E-state index contributed by atoms with van der Waals surface area (Å²) in [5.74, 6) is 0.639. The number of nitrogens with zero attached hydrogens (tertiary/aromatic N) is 2. The number of nitrogens with one attached hydrogen (secondary N) is 1. The van der Waals surface area contributed by atoms with E-state index in [1.165, 1.54) is 31.2 Å². The fourth-order valence-corrected chi connectivity index (χ4v) is 3.52. The minimum absolute atomic E-state index is 0.201. The Morgan fingerprint density at radius 3 is 2.84 bits per heavy atom. The van der Waals surface area contributed by atoms with Crippen molar-refractivity contribution in [3.8, 4) is 0 Å². The van der Waals surface area contributed by atoms with Crippen LogP contribution in [-0.4, -0.2) is 28.7 Å². The Kier molecular flexibility index (Phi) is 3.80. The van der Waals surface area contributed by atoms with Gasteiger partial charge in [-0.25, -0.2) is 9.97 Å². The third kappa shape index (κ3) is 2.65. The molecule has 2 atom stereocenters. The van der Waals surface area contributed by atoms with Gasteiger partial charge in [0, 0.05) is 30.6 Å². The van der Waals surface area contributed by atoms with Crippen LogP contribution in [-0.2, 0) is 4.74 Å². The van der Waals surface area contributed by atoms with Crippen LogP contribution in [0.25, 0.3) is 0 Å². The largest absolute Gasteiger partial charge is 0.375 e. The zero-order chi connectivity index (χ0) is 13.1. The molecular formula is C15H23N3O. The molecule has 0 radical (unpaired) electrons. The Labute approximate surface area is 115 Å². The van der Waals surface area contributed by atoms with E-state index >= 15 is 0 Å². The normalized spacial score (nSPS) is 26.9. The van der Waals surface area contributed by atoms with Gasteiger partial charge in [-0.05, 0) is 44.6 Å². The fraction of sp³-hybridized carbons (Fsp3) is 0.733. The molecular weight excluding hydrogens is 238 g/mol. The smallest absolute Gasteiger partial charge is 0.115 e. The number of aromatic nitrogens is 2. The predicted octanol–water partition coefficient (Wildman–Crippen LogP) is 2.48. The van der Waals surface area contributed by atoms with Crippen molar-refractivity contribution in [1.82, 2.24) is 15.3 Å². The third-order valence-electron chi connectivity index (χ3n) is 4.63. The number of hydrogen-bond acceptors (Lipinski definition) is 4. The summed E-state index contributed by atoms with van der Waals surface area (Å²) in [4.78, 5) is 8.34. The fourth-order valence-electron chi connectivity index (χ4n) is 3.52. The molecule has 2 fully saturated rings. The number of rotatable bonds is 4. The minimum atomic E-state index is 0.201. The maximum atomic E-state index is 6.04. The maximum absolute atomic E-state index is 6.04. The zero-order valence-electron chi connectivity index (χ0n) is 11.6. The summed E-state index contributed by atoms with van der Waals surface area (Å²) in [5.41, 5.74) is 1.41. The molecule has 0 aromatic carbocycles. The van der Waals surface area contributed by atoms with Crippen molar-refractivity contribution in [3.63, 3.8) is 0 Å². The molecule has 0 amide bonds. The molecule has 1 spiro atoms. The van der Waals surface area contributed by atoms with Crippen LogP contribution >= 0.6 is 0 Å². The molecule has 1 aromatic rings. The Morgan fingerprint density at radius 1 is 1.42 bits per heavy atom. The van der Waals surface area contributed by atoms with E-state index in [-0.39, 0.29) is 5.60 Å². The Morgan fingerprint density at radius 2 is 2.21 bits per heavy atom. The van der Waals surface area contributed by atoms with Gasteiger partial charge in [-0.1, -0.05) is 6.92 Å². The molecule has 1 aliphatic carbocycles. The lowest BCUT2D eigenvalue weighted by atomic mass is 9.70. The predicted molar refractivity (Wildman–Crippen MR) is 73.7 cm³/mol. The van der Waals surface area contributed by atoms with Gasteiger partial charge in [-0.2, -0.15) is 0 Å². The summed E-state index contributed by atoms with van der Waals surface area (Å²) in [7, 11) is 0. The van der Waals surface area contributed by atoms with Crippen LogP contribution in [0.3, 0.4) is 0 Å². The lowest BCUT2D eigenvalue weighted by molar-refractivity contribution is -0.147. The van der Waals surface area contributed by atoms with Gasteiger partial charge in [0.1, 0.15) is 6.33 Å². The van der Waals surface area contributed by atoms with E-state index in [0.29, 0.717) is 12.0 Å².